The number of benzene rings is 1. The number of ether oxygens (including phenoxy) is 1. The molecule has 0 aromatic heterocycles. The van der Waals surface area contributed by atoms with E-state index in [-0.39, 0.29) is 6.54 Å². The lowest BCUT2D eigenvalue weighted by atomic mass is 10.1. The lowest BCUT2D eigenvalue weighted by molar-refractivity contribution is 0.0535. The third-order valence-electron chi connectivity index (χ3n) is 2.07. The summed E-state index contributed by atoms with van der Waals surface area (Å²) in [6, 6.07) is 4.81. The predicted octanol–water partition coefficient (Wildman–Crippen LogP) is 3.03. The Morgan fingerprint density at radius 1 is 1.45 bits per heavy atom. The zero-order valence-electron chi connectivity index (χ0n) is 11.6. The van der Waals surface area contributed by atoms with Crippen molar-refractivity contribution in [1.82, 2.24) is 5.32 Å². The lowest BCUT2D eigenvalue weighted by Crippen LogP contribution is -2.32. The van der Waals surface area contributed by atoms with Gasteiger partial charge >= 0.3 is 6.09 Å². The second-order valence-corrected chi connectivity index (χ2v) is 5.42. The van der Waals surface area contributed by atoms with E-state index in [1.54, 1.807) is 39.0 Å². The standard InChI is InChI=1S/C15H16ClNO3/c1-15(2,3)20-14(19)17-8-4-5-12-9-11(10-18)6-7-13(12)16/h6-7,9-10H,8H2,1-3H3,(H,17,19). The highest BCUT2D eigenvalue weighted by Gasteiger charge is 2.14. The van der Waals surface area contributed by atoms with Crippen molar-refractivity contribution in [2.45, 2.75) is 26.4 Å². The van der Waals surface area contributed by atoms with Crippen LogP contribution < -0.4 is 5.32 Å². The van der Waals surface area contributed by atoms with Gasteiger partial charge in [0.15, 0.2) is 0 Å². The van der Waals surface area contributed by atoms with Crippen LogP contribution in [0.25, 0.3) is 0 Å². The van der Waals surface area contributed by atoms with E-state index in [1.807, 2.05) is 0 Å². The molecule has 0 aliphatic rings. The van der Waals surface area contributed by atoms with Crippen LogP contribution in [0.15, 0.2) is 18.2 Å². The molecule has 1 N–H and O–H groups in total. The van der Waals surface area contributed by atoms with E-state index in [4.69, 9.17) is 16.3 Å². The van der Waals surface area contributed by atoms with Gasteiger partial charge in [-0.05, 0) is 32.9 Å². The molecule has 0 bridgehead atoms. The molecule has 106 valence electrons. The van der Waals surface area contributed by atoms with Crippen LogP contribution in [-0.2, 0) is 4.74 Å². The zero-order chi connectivity index (χ0) is 15.2. The highest BCUT2D eigenvalue weighted by atomic mass is 35.5. The number of carbonyl (C=O) groups is 2. The number of alkyl carbamates (subject to hydrolysis) is 1. The summed E-state index contributed by atoms with van der Waals surface area (Å²) < 4.78 is 5.06. The number of aldehydes is 1. The molecule has 0 aliphatic heterocycles. The maximum absolute atomic E-state index is 11.4. The van der Waals surface area contributed by atoms with Crippen molar-refractivity contribution in [3.8, 4) is 11.8 Å². The van der Waals surface area contributed by atoms with E-state index in [0.29, 0.717) is 16.1 Å². The van der Waals surface area contributed by atoms with Crippen LogP contribution in [0, 0.1) is 11.8 Å². The number of halogens is 1. The highest BCUT2D eigenvalue weighted by Crippen LogP contribution is 2.15. The van der Waals surface area contributed by atoms with E-state index in [1.165, 1.54) is 0 Å². The zero-order valence-corrected chi connectivity index (χ0v) is 12.4. The molecule has 1 aromatic carbocycles. The summed E-state index contributed by atoms with van der Waals surface area (Å²) in [5, 5.41) is 2.97. The van der Waals surface area contributed by atoms with Gasteiger partial charge in [0.2, 0.25) is 0 Å². The molecule has 0 unspecified atom stereocenters. The minimum absolute atomic E-state index is 0.135. The van der Waals surface area contributed by atoms with Gasteiger partial charge in [0.1, 0.15) is 11.9 Å². The minimum atomic E-state index is -0.543. The number of rotatable bonds is 2. The first-order valence-electron chi connectivity index (χ1n) is 6.02. The number of hydrogen-bond acceptors (Lipinski definition) is 3. The van der Waals surface area contributed by atoms with Gasteiger partial charge in [-0.1, -0.05) is 29.5 Å². The van der Waals surface area contributed by atoms with Crippen LogP contribution in [0.5, 0.6) is 0 Å². The van der Waals surface area contributed by atoms with Crippen molar-refractivity contribution >= 4 is 24.0 Å². The monoisotopic (exact) mass is 293 g/mol. The van der Waals surface area contributed by atoms with Crippen molar-refractivity contribution < 1.29 is 14.3 Å². The molecule has 0 saturated heterocycles. The van der Waals surface area contributed by atoms with Gasteiger partial charge in [0.25, 0.3) is 0 Å². The van der Waals surface area contributed by atoms with Crippen molar-refractivity contribution in [3.05, 3.63) is 34.3 Å². The van der Waals surface area contributed by atoms with E-state index in [9.17, 15) is 9.59 Å². The van der Waals surface area contributed by atoms with Crippen LogP contribution in [0.1, 0.15) is 36.7 Å². The Labute approximate surface area is 123 Å². The molecule has 1 amide bonds. The summed E-state index contributed by atoms with van der Waals surface area (Å²) >= 11 is 5.95. The van der Waals surface area contributed by atoms with Crippen molar-refractivity contribution in [2.24, 2.45) is 0 Å². The summed E-state index contributed by atoms with van der Waals surface area (Å²) in [6.07, 6.45) is 0.194. The Balaban J connectivity index is 2.59. The summed E-state index contributed by atoms with van der Waals surface area (Å²) in [5.74, 6) is 5.54. The van der Waals surface area contributed by atoms with E-state index in [2.05, 4.69) is 17.2 Å². The number of hydrogen-bond donors (Lipinski definition) is 1. The molecule has 20 heavy (non-hydrogen) atoms. The maximum atomic E-state index is 11.4. The first-order valence-corrected chi connectivity index (χ1v) is 6.40. The highest BCUT2D eigenvalue weighted by molar-refractivity contribution is 6.31. The SMILES string of the molecule is CC(C)(C)OC(=O)NCC#Cc1cc(C=O)ccc1Cl. The Morgan fingerprint density at radius 3 is 2.75 bits per heavy atom. The van der Waals surface area contributed by atoms with E-state index >= 15 is 0 Å². The summed E-state index contributed by atoms with van der Waals surface area (Å²) in [6.45, 7) is 5.48. The number of amides is 1. The Morgan fingerprint density at radius 2 is 2.15 bits per heavy atom. The summed E-state index contributed by atoms with van der Waals surface area (Å²) in [7, 11) is 0. The minimum Gasteiger partial charge on any atom is -0.444 e. The molecule has 0 fully saturated rings. The fourth-order valence-electron chi connectivity index (χ4n) is 1.28. The quantitative estimate of drug-likeness (QED) is 0.673. The Bertz CT molecular complexity index is 565. The topological polar surface area (TPSA) is 55.4 Å². The van der Waals surface area contributed by atoms with E-state index < -0.39 is 11.7 Å². The molecule has 5 heteroatoms. The Kier molecular flexibility index (Phi) is 5.60. The molecule has 0 aliphatic carbocycles. The second kappa shape index (κ2) is 6.97. The smallest absolute Gasteiger partial charge is 0.408 e. The van der Waals surface area contributed by atoms with Gasteiger partial charge < -0.3 is 10.1 Å². The van der Waals surface area contributed by atoms with Crippen LogP contribution in [0.3, 0.4) is 0 Å². The molecule has 4 nitrogen and oxygen atoms in total. The molecular formula is C15H16ClNO3. The van der Waals surface area contributed by atoms with Crippen molar-refractivity contribution in [3.63, 3.8) is 0 Å². The molecule has 0 spiro atoms. The van der Waals surface area contributed by atoms with Gasteiger partial charge in [-0.3, -0.25) is 4.79 Å². The second-order valence-electron chi connectivity index (χ2n) is 5.01. The Hall–Kier alpha value is -1.99. The average Bonchev–Trinajstić information content (AvgIpc) is 2.34. The molecule has 0 heterocycles. The predicted molar refractivity (Wildman–Crippen MR) is 78.0 cm³/mol. The average molecular weight is 294 g/mol. The maximum Gasteiger partial charge on any atom is 0.408 e. The molecule has 0 atom stereocenters. The first kappa shape index (κ1) is 16.1. The molecule has 0 radical (unpaired) electrons. The van der Waals surface area contributed by atoms with Crippen molar-refractivity contribution in [1.29, 1.82) is 0 Å². The third-order valence-corrected chi connectivity index (χ3v) is 2.40. The van der Waals surface area contributed by atoms with E-state index in [0.717, 1.165) is 6.29 Å². The lowest BCUT2D eigenvalue weighted by Gasteiger charge is -2.19. The largest absolute Gasteiger partial charge is 0.444 e. The first-order chi connectivity index (χ1) is 9.31. The third kappa shape index (κ3) is 5.77. The van der Waals surface area contributed by atoms with Crippen LogP contribution in [0.2, 0.25) is 5.02 Å². The molecule has 0 saturated carbocycles. The van der Waals surface area contributed by atoms with Crippen LogP contribution >= 0.6 is 11.6 Å². The van der Waals surface area contributed by atoms with Gasteiger partial charge in [-0.2, -0.15) is 0 Å². The molecule has 1 aromatic rings. The van der Waals surface area contributed by atoms with Gasteiger partial charge in [0, 0.05) is 11.1 Å². The summed E-state index contributed by atoms with van der Waals surface area (Å²) in [5.41, 5.74) is 0.500. The fraction of sp³-hybridized carbons (Fsp3) is 0.333. The normalized spacial score (nSPS) is 10.2. The van der Waals surface area contributed by atoms with Crippen molar-refractivity contribution in [2.75, 3.05) is 6.54 Å². The number of carbonyl (C=O) groups excluding carboxylic acids is 2. The van der Waals surface area contributed by atoms with Crippen LogP contribution in [-0.4, -0.2) is 24.5 Å². The van der Waals surface area contributed by atoms with Gasteiger partial charge in [0.05, 0.1) is 11.6 Å². The molecule has 1 rings (SSSR count). The number of nitrogens with one attached hydrogen (secondary N) is 1. The van der Waals surface area contributed by atoms with Gasteiger partial charge in [-0.25, -0.2) is 4.79 Å². The van der Waals surface area contributed by atoms with Gasteiger partial charge in [-0.15, -0.1) is 0 Å². The summed E-state index contributed by atoms with van der Waals surface area (Å²) in [4.78, 5) is 22.0. The fourth-order valence-corrected chi connectivity index (χ4v) is 1.45. The molecular weight excluding hydrogens is 278 g/mol. The van der Waals surface area contributed by atoms with Crippen LogP contribution in [0.4, 0.5) is 4.79 Å².